The minimum absolute atomic E-state index is 0.796. The summed E-state index contributed by atoms with van der Waals surface area (Å²) in [5.41, 5.74) is 1.11. The maximum absolute atomic E-state index is 5.95. The van der Waals surface area contributed by atoms with Crippen LogP contribution in [0.1, 0.15) is 17.7 Å². The summed E-state index contributed by atoms with van der Waals surface area (Å²) in [4.78, 5) is 8.11. The Morgan fingerprint density at radius 2 is 2.11 bits per heavy atom. The Bertz CT molecular complexity index is 549. The Morgan fingerprint density at radius 1 is 1.26 bits per heavy atom. The third-order valence-corrected chi connectivity index (χ3v) is 4.51. The largest absolute Gasteiger partial charge is 0.377 e. The van der Waals surface area contributed by atoms with Gasteiger partial charge in [0.05, 0.1) is 10.0 Å². The van der Waals surface area contributed by atoms with E-state index >= 15 is 0 Å². The molecular formula is C14H16ClN3S. The second-order valence-electron chi connectivity index (χ2n) is 4.63. The highest BCUT2D eigenvalue weighted by Crippen LogP contribution is 2.28. The molecule has 1 fully saturated rings. The van der Waals surface area contributed by atoms with Crippen molar-refractivity contribution in [1.29, 1.82) is 0 Å². The first-order chi connectivity index (χ1) is 9.33. The van der Waals surface area contributed by atoms with Crippen molar-refractivity contribution in [2.24, 2.45) is 0 Å². The van der Waals surface area contributed by atoms with E-state index < -0.39 is 0 Å². The highest BCUT2D eigenvalue weighted by Gasteiger charge is 2.16. The van der Waals surface area contributed by atoms with E-state index in [0.29, 0.717) is 0 Å². The number of hydrogen-bond donors (Lipinski definition) is 1. The van der Waals surface area contributed by atoms with Crippen molar-refractivity contribution in [2.75, 3.05) is 23.3 Å². The van der Waals surface area contributed by atoms with Gasteiger partial charge in [-0.15, -0.1) is 11.3 Å². The Labute approximate surface area is 122 Å². The van der Waals surface area contributed by atoms with Gasteiger partial charge in [-0.1, -0.05) is 11.6 Å². The van der Waals surface area contributed by atoms with Gasteiger partial charge in [-0.2, -0.15) is 0 Å². The fourth-order valence-electron chi connectivity index (χ4n) is 2.34. The highest BCUT2D eigenvalue weighted by molar-refractivity contribution is 7.16. The molecular weight excluding hydrogens is 278 g/mol. The van der Waals surface area contributed by atoms with Gasteiger partial charge in [0.2, 0.25) is 0 Å². The minimum atomic E-state index is 0.796. The number of nitrogens with zero attached hydrogens (tertiary/aromatic N) is 2. The molecule has 2 aromatic rings. The predicted octanol–water partition coefficient (Wildman–Crippen LogP) is 4.01. The number of rotatable bonds is 4. The Hall–Kier alpha value is -1.26. The summed E-state index contributed by atoms with van der Waals surface area (Å²) in [5, 5.41) is 3.47. The molecule has 3 rings (SSSR count). The molecule has 1 aliphatic heterocycles. The second kappa shape index (κ2) is 5.80. The van der Waals surface area contributed by atoms with Crippen molar-refractivity contribution in [3.8, 4) is 0 Å². The Balaban J connectivity index is 1.73. The standard InChI is InChI=1S/C14H16ClN3S/c15-13-6-5-11(19-13)10-17-12-4-3-7-16-14(12)18-8-1-2-9-18/h3-7,17H,1-2,8-10H2. The number of anilines is 2. The molecule has 0 aliphatic carbocycles. The molecule has 3 heterocycles. The zero-order valence-corrected chi connectivity index (χ0v) is 12.2. The van der Waals surface area contributed by atoms with Crippen LogP contribution in [0.2, 0.25) is 4.34 Å². The summed E-state index contributed by atoms with van der Waals surface area (Å²) in [5.74, 6) is 1.07. The van der Waals surface area contributed by atoms with Crippen molar-refractivity contribution in [3.05, 3.63) is 39.7 Å². The summed E-state index contributed by atoms with van der Waals surface area (Å²) in [6, 6.07) is 8.07. The van der Waals surface area contributed by atoms with E-state index in [1.54, 1.807) is 11.3 Å². The summed E-state index contributed by atoms with van der Waals surface area (Å²) in [7, 11) is 0. The molecule has 1 aliphatic rings. The Kier molecular flexibility index (Phi) is 3.89. The van der Waals surface area contributed by atoms with Crippen LogP contribution in [0, 0.1) is 0 Å². The van der Waals surface area contributed by atoms with Gasteiger partial charge in [0.25, 0.3) is 0 Å². The molecule has 3 nitrogen and oxygen atoms in total. The van der Waals surface area contributed by atoms with Gasteiger partial charge in [-0.25, -0.2) is 4.98 Å². The van der Waals surface area contributed by atoms with E-state index in [1.165, 1.54) is 17.7 Å². The van der Waals surface area contributed by atoms with E-state index in [1.807, 2.05) is 18.3 Å². The Morgan fingerprint density at radius 3 is 2.84 bits per heavy atom. The van der Waals surface area contributed by atoms with Crippen molar-refractivity contribution in [1.82, 2.24) is 4.98 Å². The second-order valence-corrected chi connectivity index (χ2v) is 6.43. The van der Waals surface area contributed by atoms with Crippen LogP contribution in [-0.2, 0) is 6.54 Å². The lowest BCUT2D eigenvalue weighted by atomic mass is 10.3. The van der Waals surface area contributed by atoms with Crippen molar-refractivity contribution >= 4 is 34.4 Å². The minimum Gasteiger partial charge on any atom is -0.377 e. The van der Waals surface area contributed by atoms with Gasteiger partial charge in [-0.3, -0.25) is 0 Å². The van der Waals surface area contributed by atoms with E-state index in [4.69, 9.17) is 11.6 Å². The van der Waals surface area contributed by atoms with Crippen molar-refractivity contribution in [2.45, 2.75) is 19.4 Å². The molecule has 0 amide bonds. The lowest BCUT2D eigenvalue weighted by Gasteiger charge is -2.20. The molecule has 0 saturated carbocycles. The number of hydrogen-bond acceptors (Lipinski definition) is 4. The first-order valence-electron chi connectivity index (χ1n) is 6.51. The molecule has 1 saturated heterocycles. The molecule has 2 aromatic heterocycles. The lowest BCUT2D eigenvalue weighted by molar-refractivity contribution is 0.935. The van der Waals surface area contributed by atoms with E-state index in [-0.39, 0.29) is 0 Å². The van der Waals surface area contributed by atoms with Crippen LogP contribution in [0.25, 0.3) is 0 Å². The summed E-state index contributed by atoms with van der Waals surface area (Å²) in [6.07, 6.45) is 4.38. The first kappa shape index (κ1) is 12.8. The number of pyridine rings is 1. The van der Waals surface area contributed by atoms with Crippen LogP contribution in [0.5, 0.6) is 0 Å². The molecule has 0 unspecified atom stereocenters. The molecule has 0 aromatic carbocycles. The normalized spacial score (nSPS) is 14.9. The molecule has 5 heteroatoms. The maximum Gasteiger partial charge on any atom is 0.151 e. The molecule has 0 bridgehead atoms. The summed E-state index contributed by atoms with van der Waals surface area (Å²) in [6.45, 7) is 3.01. The van der Waals surface area contributed by atoms with Crippen molar-refractivity contribution < 1.29 is 0 Å². The van der Waals surface area contributed by atoms with Gasteiger partial charge in [0, 0.05) is 30.7 Å². The van der Waals surface area contributed by atoms with Crippen LogP contribution >= 0.6 is 22.9 Å². The zero-order chi connectivity index (χ0) is 13.1. The maximum atomic E-state index is 5.95. The van der Waals surface area contributed by atoms with E-state index in [2.05, 4.69) is 27.3 Å². The van der Waals surface area contributed by atoms with Gasteiger partial charge < -0.3 is 10.2 Å². The SMILES string of the molecule is Clc1ccc(CNc2cccnc2N2CCCC2)s1. The predicted molar refractivity (Wildman–Crippen MR) is 82.3 cm³/mol. The molecule has 0 radical (unpaired) electrons. The lowest BCUT2D eigenvalue weighted by Crippen LogP contribution is -2.20. The molecule has 1 N–H and O–H groups in total. The number of aromatic nitrogens is 1. The number of halogens is 1. The van der Waals surface area contributed by atoms with Crippen LogP contribution < -0.4 is 10.2 Å². The summed E-state index contributed by atoms with van der Waals surface area (Å²) >= 11 is 7.56. The average Bonchev–Trinajstić information content (AvgIpc) is 3.08. The number of thiophene rings is 1. The average molecular weight is 294 g/mol. The fourth-order valence-corrected chi connectivity index (χ4v) is 3.37. The first-order valence-corrected chi connectivity index (χ1v) is 7.70. The van der Waals surface area contributed by atoms with E-state index in [0.717, 1.165) is 35.5 Å². The molecule has 0 spiro atoms. The topological polar surface area (TPSA) is 28.2 Å². The van der Waals surface area contributed by atoms with Gasteiger partial charge in [0.15, 0.2) is 5.82 Å². The monoisotopic (exact) mass is 293 g/mol. The van der Waals surface area contributed by atoms with Crippen LogP contribution in [-0.4, -0.2) is 18.1 Å². The molecule has 19 heavy (non-hydrogen) atoms. The molecule has 100 valence electrons. The zero-order valence-electron chi connectivity index (χ0n) is 10.6. The van der Waals surface area contributed by atoms with Crippen LogP contribution in [0.15, 0.2) is 30.5 Å². The van der Waals surface area contributed by atoms with E-state index in [9.17, 15) is 0 Å². The smallest absolute Gasteiger partial charge is 0.151 e. The van der Waals surface area contributed by atoms with Gasteiger partial charge in [0.1, 0.15) is 0 Å². The van der Waals surface area contributed by atoms with Crippen molar-refractivity contribution in [3.63, 3.8) is 0 Å². The number of nitrogens with one attached hydrogen (secondary N) is 1. The summed E-state index contributed by atoms with van der Waals surface area (Å²) < 4.78 is 0.836. The molecule has 0 atom stereocenters. The highest BCUT2D eigenvalue weighted by atomic mass is 35.5. The van der Waals surface area contributed by atoms with Crippen LogP contribution in [0.4, 0.5) is 11.5 Å². The third-order valence-electron chi connectivity index (χ3n) is 3.27. The van der Waals surface area contributed by atoms with Gasteiger partial charge in [-0.05, 0) is 37.1 Å². The van der Waals surface area contributed by atoms with Crippen LogP contribution in [0.3, 0.4) is 0 Å². The quantitative estimate of drug-likeness (QED) is 0.923. The van der Waals surface area contributed by atoms with Gasteiger partial charge >= 0.3 is 0 Å². The third kappa shape index (κ3) is 3.01. The fraction of sp³-hybridized carbons (Fsp3) is 0.357.